The Hall–Kier alpha value is -2.50. The van der Waals surface area contributed by atoms with Crippen molar-refractivity contribution < 1.29 is 9.53 Å². The second kappa shape index (κ2) is 5.64. The first-order valence-corrected chi connectivity index (χ1v) is 6.14. The molecule has 0 fully saturated rings. The lowest BCUT2D eigenvalue weighted by Crippen LogP contribution is -2.15. The van der Waals surface area contributed by atoms with E-state index in [1.165, 1.54) is 13.3 Å². The molecule has 0 saturated heterocycles. The van der Waals surface area contributed by atoms with Gasteiger partial charge in [-0.2, -0.15) is 0 Å². The van der Waals surface area contributed by atoms with Gasteiger partial charge in [-0.1, -0.05) is 0 Å². The van der Waals surface area contributed by atoms with Gasteiger partial charge in [0, 0.05) is 29.2 Å². The predicted octanol–water partition coefficient (Wildman–Crippen LogP) is 2.06. The Bertz CT molecular complexity index is 632. The van der Waals surface area contributed by atoms with E-state index in [0.29, 0.717) is 17.4 Å². The summed E-state index contributed by atoms with van der Waals surface area (Å²) in [5, 5.41) is 2.67. The second-order valence-corrected chi connectivity index (χ2v) is 4.38. The second-order valence-electron chi connectivity index (χ2n) is 4.38. The largest absolute Gasteiger partial charge is 0.481 e. The first-order chi connectivity index (χ1) is 9.51. The molecule has 0 bridgehead atoms. The number of carbonyl (C=O) groups is 1. The first kappa shape index (κ1) is 13.9. The summed E-state index contributed by atoms with van der Waals surface area (Å²) in [4.78, 5) is 24.6. The van der Waals surface area contributed by atoms with Crippen LogP contribution in [0.4, 0.5) is 5.95 Å². The smallest absolute Gasteiger partial charge is 0.258 e. The van der Waals surface area contributed by atoms with E-state index in [1.54, 1.807) is 12.1 Å². The normalized spacial score (nSPS) is 10.2. The molecule has 2 aromatic heterocycles. The van der Waals surface area contributed by atoms with Gasteiger partial charge in [-0.15, -0.1) is 0 Å². The number of amides is 1. The highest BCUT2D eigenvalue weighted by atomic mass is 16.5. The number of hydrogen-bond acceptors (Lipinski definition) is 5. The summed E-state index contributed by atoms with van der Waals surface area (Å²) in [5.41, 5.74) is 3.16. The molecule has 0 aliphatic heterocycles. The number of nitrogens with one attached hydrogen (secondary N) is 1. The summed E-state index contributed by atoms with van der Waals surface area (Å²) in [6, 6.07) is 3.16. The molecule has 1 amide bonds. The van der Waals surface area contributed by atoms with Crippen molar-refractivity contribution in [1.29, 1.82) is 0 Å². The number of hydrogen-bond donors (Lipinski definition) is 1. The number of pyridine rings is 1. The lowest BCUT2D eigenvalue weighted by molar-refractivity contribution is 0.102. The molecule has 20 heavy (non-hydrogen) atoms. The SMILES string of the molecule is COc1cc(C(=O)Nc2nc(C)c(C)c(C)n2)ccn1. The van der Waals surface area contributed by atoms with Crippen LogP contribution < -0.4 is 10.1 Å². The fourth-order valence-corrected chi connectivity index (χ4v) is 1.66. The van der Waals surface area contributed by atoms with Crippen molar-refractivity contribution in [1.82, 2.24) is 15.0 Å². The predicted molar refractivity (Wildman–Crippen MR) is 75.0 cm³/mol. The fourth-order valence-electron chi connectivity index (χ4n) is 1.66. The van der Waals surface area contributed by atoms with Gasteiger partial charge >= 0.3 is 0 Å². The molecule has 0 aliphatic rings. The van der Waals surface area contributed by atoms with E-state index in [4.69, 9.17) is 4.74 Å². The Morgan fingerprint density at radius 3 is 2.45 bits per heavy atom. The standard InChI is InChI=1S/C14H16N4O2/c1-8-9(2)16-14(17-10(8)3)18-13(19)11-5-6-15-12(7-11)20-4/h5-7H,1-4H3,(H,16,17,18,19). The van der Waals surface area contributed by atoms with Crippen molar-refractivity contribution in [3.63, 3.8) is 0 Å². The maximum atomic E-state index is 12.1. The highest BCUT2D eigenvalue weighted by molar-refractivity contribution is 6.03. The van der Waals surface area contributed by atoms with Gasteiger partial charge in [-0.05, 0) is 32.4 Å². The van der Waals surface area contributed by atoms with Gasteiger partial charge in [0.1, 0.15) is 0 Å². The lowest BCUT2D eigenvalue weighted by Gasteiger charge is -2.08. The van der Waals surface area contributed by atoms with Crippen LogP contribution in [0.25, 0.3) is 0 Å². The van der Waals surface area contributed by atoms with Gasteiger partial charge in [-0.25, -0.2) is 15.0 Å². The number of methoxy groups -OCH3 is 1. The van der Waals surface area contributed by atoms with Crippen LogP contribution in [0.5, 0.6) is 5.88 Å². The van der Waals surface area contributed by atoms with Gasteiger partial charge in [0.15, 0.2) is 0 Å². The minimum absolute atomic E-state index is 0.298. The zero-order chi connectivity index (χ0) is 14.7. The number of carbonyl (C=O) groups excluding carboxylic acids is 1. The van der Waals surface area contributed by atoms with Crippen LogP contribution in [0.3, 0.4) is 0 Å². The van der Waals surface area contributed by atoms with Crippen LogP contribution in [-0.4, -0.2) is 28.0 Å². The number of anilines is 1. The molecule has 0 aromatic carbocycles. The van der Waals surface area contributed by atoms with E-state index in [1.807, 2.05) is 20.8 Å². The van der Waals surface area contributed by atoms with Crippen molar-refractivity contribution in [2.75, 3.05) is 12.4 Å². The third-order valence-corrected chi connectivity index (χ3v) is 3.06. The molecule has 0 saturated carbocycles. The molecule has 0 spiro atoms. The monoisotopic (exact) mass is 272 g/mol. The third kappa shape index (κ3) is 2.90. The van der Waals surface area contributed by atoms with Crippen molar-refractivity contribution in [3.05, 3.63) is 40.8 Å². The molecule has 6 nitrogen and oxygen atoms in total. The molecular formula is C14H16N4O2. The van der Waals surface area contributed by atoms with Crippen molar-refractivity contribution in [2.45, 2.75) is 20.8 Å². The molecule has 0 radical (unpaired) electrons. The molecule has 1 N–H and O–H groups in total. The van der Waals surface area contributed by atoms with Gasteiger partial charge in [0.25, 0.3) is 5.91 Å². The average molecular weight is 272 g/mol. The highest BCUT2D eigenvalue weighted by Crippen LogP contribution is 2.13. The molecule has 2 aromatic rings. The van der Waals surface area contributed by atoms with Crippen molar-refractivity contribution in [2.24, 2.45) is 0 Å². The van der Waals surface area contributed by atoms with Crippen LogP contribution in [0.2, 0.25) is 0 Å². The number of aryl methyl sites for hydroxylation is 2. The zero-order valence-electron chi connectivity index (χ0n) is 11.9. The number of aromatic nitrogens is 3. The van der Waals surface area contributed by atoms with Gasteiger partial charge in [0.05, 0.1) is 7.11 Å². The Morgan fingerprint density at radius 1 is 1.20 bits per heavy atom. The molecule has 2 heterocycles. The van der Waals surface area contributed by atoms with Gasteiger partial charge in [-0.3, -0.25) is 10.1 Å². The summed E-state index contributed by atoms with van der Waals surface area (Å²) in [5.74, 6) is 0.384. The van der Waals surface area contributed by atoms with Crippen molar-refractivity contribution in [3.8, 4) is 5.88 Å². The zero-order valence-corrected chi connectivity index (χ0v) is 11.9. The summed E-state index contributed by atoms with van der Waals surface area (Å²) >= 11 is 0. The van der Waals surface area contributed by atoms with Crippen LogP contribution in [-0.2, 0) is 0 Å². The molecular weight excluding hydrogens is 256 g/mol. The molecule has 0 atom stereocenters. The third-order valence-electron chi connectivity index (χ3n) is 3.06. The quantitative estimate of drug-likeness (QED) is 0.925. The number of nitrogens with zero attached hydrogens (tertiary/aromatic N) is 3. The minimum atomic E-state index is -0.298. The van der Waals surface area contributed by atoms with Crippen molar-refractivity contribution >= 4 is 11.9 Å². The van der Waals surface area contributed by atoms with E-state index in [0.717, 1.165) is 17.0 Å². The Kier molecular flexibility index (Phi) is 3.93. The van der Waals surface area contributed by atoms with E-state index < -0.39 is 0 Å². The summed E-state index contributed by atoms with van der Waals surface area (Å²) in [6.07, 6.45) is 1.51. The minimum Gasteiger partial charge on any atom is -0.481 e. The maximum Gasteiger partial charge on any atom is 0.258 e. The average Bonchev–Trinajstić information content (AvgIpc) is 2.44. The molecule has 0 unspecified atom stereocenters. The topological polar surface area (TPSA) is 77.0 Å². The summed E-state index contributed by atoms with van der Waals surface area (Å²) < 4.78 is 4.99. The Labute approximate surface area is 117 Å². The first-order valence-electron chi connectivity index (χ1n) is 6.14. The van der Waals surface area contributed by atoms with Gasteiger partial charge in [0.2, 0.25) is 11.8 Å². The summed E-state index contributed by atoms with van der Waals surface area (Å²) in [6.45, 7) is 5.72. The molecule has 0 aliphatic carbocycles. The van der Waals surface area contributed by atoms with Crippen LogP contribution in [0.15, 0.2) is 18.3 Å². The number of ether oxygens (including phenoxy) is 1. The Morgan fingerprint density at radius 2 is 1.85 bits per heavy atom. The van der Waals surface area contributed by atoms with Crippen LogP contribution in [0.1, 0.15) is 27.3 Å². The van der Waals surface area contributed by atoms with E-state index in [2.05, 4.69) is 20.3 Å². The van der Waals surface area contributed by atoms with Crippen LogP contribution >= 0.6 is 0 Å². The summed E-state index contributed by atoms with van der Waals surface area (Å²) in [7, 11) is 1.50. The van der Waals surface area contributed by atoms with E-state index >= 15 is 0 Å². The van der Waals surface area contributed by atoms with E-state index in [9.17, 15) is 4.79 Å². The molecule has 2 rings (SSSR count). The maximum absolute atomic E-state index is 12.1. The highest BCUT2D eigenvalue weighted by Gasteiger charge is 2.11. The Balaban J connectivity index is 2.23. The van der Waals surface area contributed by atoms with Crippen LogP contribution in [0, 0.1) is 20.8 Å². The lowest BCUT2D eigenvalue weighted by atomic mass is 10.2. The molecule has 104 valence electrons. The molecule has 6 heteroatoms. The fraction of sp³-hybridized carbons (Fsp3) is 0.286. The van der Waals surface area contributed by atoms with E-state index in [-0.39, 0.29) is 5.91 Å². The van der Waals surface area contributed by atoms with Gasteiger partial charge < -0.3 is 4.74 Å². The number of rotatable bonds is 3.